The van der Waals surface area contributed by atoms with Crippen molar-refractivity contribution >= 4 is 0 Å². The molecule has 0 saturated heterocycles. The van der Waals surface area contributed by atoms with Gasteiger partial charge in [0.25, 0.3) is 0 Å². The van der Waals surface area contributed by atoms with Gasteiger partial charge in [-0.1, -0.05) is 24.3 Å². The zero-order valence-electron chi connectivity index (χ0n) is 10.7. The van der Waals surface area contributed by atoms with Crippen molar-refractivity contribution in [2.45, 2.75) is 25.5 Å². The molecule has 2 atom stereocenters. The highest BCUT2D eigenvalue weighted by atomic mass is 16.5. The lowest BCUT2D eigenvalue weighted by atomic mass is 9.91. The second kappa shape index (κ2) is 6.15. The van der Waals surface area contributed by atoms with E-state index in [0.29, 0.717) is 5.92 Å². The van der Waals surface area contributed by atoms with Gasteiger partial charge in [0.1, 0.15) is 0 Å². The van der Waals surface area contributed by atoms with Crippen LogP contribution < -0.4 is 10.6 Å². The van der Waals surface area contributed by atoms with Crippen molar-refractivity contribution in [3.05, 3.63) is 35.4 Å². The molecular formula is C14H22N2O. The molecule has 1 aliphatic rings. The molecule has 1 aromatic rings. The van der Waals surface area contributed by atoms with E-state index in [4.69, 9.17) is 4.74 Å². The quantitative estimate of drug-likeness (QED) is 0.810. The van der Waals surface area contributed by atoms with Crippen LogP contribution in [0.4, 0.5) is 0 Å². The Morgan fingerprint density at radius 3 is 3.12 bits per heavy atom. The predicted molar refractivity (Wildman–Crippen MR) is 70.2 cm³/mol. The molecule has 94 valence electrons. The summed E-state index contributed by atoms with van der Waals surface area (Å²) in [6.07, 6.45) is 0.279. The van der Waals surface area contributed by atoms with Crippen molar-refractivity contribution in [1.82, 2.24) is 10.6 Å². The summed E-state index contributed by atoms with van der Waals surface area (Å²) >= 11 is 0. The van der Waals surface area contributed by atoms with Crippen LogP contribution in [0.1, 0.15) is 24.0 Å². The Labute approximate surface area is 104 Å². The van der Waals surface area contributed by atoms with E-state index in [0.717, 1.165) is 26.2 Å². The first-order valence-electron chi connectivity index (χ1n) is 6.33. The molecule has 0 saturated carbocycles. The van der Waals surface area contributed by atoms with Crippen molar-refractivity contribution < 1.29 is 4.74 Å². The first-order chi connectivity index (χ1) is 8.31. The Morgan fingerprint density at radius 2 is 2.29 bits per heavy atom. The van der Waals surface area contributed by atoms with E-state index in [1.165, 1.54) is 11.1 Å². The largest absolute Gasteiger partial charge is 0.380 e. The number of methoxy groups -OCH3 is 1. The maximum Gasteiger partial charge on any atom is 0.0667 e. The highest BCUT2D eigenvalue weighted by molar-refractivity contribution is 5.32. The Kier molecular flexibility index (Phi) is 4.54. The molecule has 0 bridgehead atoms. The van der Waals surface area contributed by atoms with Gasteiger partial charge in [-0.3, -0.25) is 0 Å². The minimum Gasteiger partial charge on any atom is -0.380 e. The summed E-state index contributed by atoms with van der Waals surface area (Å²) in [4.78, 5) is 0. The summed E-state index contributed by atoms with van der Waals surface area (Å²) in [5.41, 5.74) is 2.93. The van der Waals surface area contributed by atoms with Crippen LogP contribution in [0.25, 0.3) is 0 Å². The molecule has 2 unspecified atom stereocenters. The third kappa shape index (κ3) is 3.28. The van der Waals surface area contributed by atoms with Crippen molar-refractivity contribution in [2.24, 2.45) is 0 Å². The van der Waals surface area contributed by atoms with Crippen molar-refractivity contribution in [3.8, 4) is 0 Å². The minimum absolute atomic E-state index is 0.279. The van der Waals surface area contributed by atoms with Gasteiger partial charge in [-0.2, -0.15) is 0 Å². The van der Waals surface area contributed by atoms with Gasteiger partial charge in [-0.25, -0.2) is 0 Å². The smallest absolute Gasteiger partial charge is 0.0667 e. The maximum absolute atomic E-state index is 5.23. The molecule has 0 radical (unpaired) electrons. The van der Waals surface area contributed by atoms with Crippen LogP contribution >= 0.6 is 0 Å². The second-order valence-electron chi connectivity index (χ2n) is 4.73. The number of hydrogen-bond acceptors (Lipinski definition) is 3. The van der Waals surface area contributed by atoms with Crippen molar-refractivity contribution in [3.63, 3.8) is 0 Å². The molecular weight excluding hydrogens is 212 g/mol. The van der Waals surface area contributed by atoms with Crippen LogP contribution in [0, 0.1) is 0 Å². The molecule has 3 heteroatoms. The van der Waals surface area contributed by atoms with Crippen LogP contribution in [-0.2, 0) is 11.3 Å². The van der Waals surface area contributed by atoms with E-state index in [1.807, 2.05) is 0 Å². The Balaban J connectivity index is 1.90. The van der Waals surface area contributed by atoms with E-state index in [9.17, 15) is 0 Å². The number of hydrogen-bond donors (Lipinski definition) is 2. The molecule has 17 heavy (non-hydrogen) atoms. The molecule has 0 aromatic heterocycles. The molecule has 0 spiro atoms. The molecule has 2 N–H and O–H groups in total. The van der Waals surface area contributed by atoms with E-state index in [1.54, 1.807) is 7.11 Å². The average molecular weight is 234 g/mol. The first-order valence-corrected chi connectivity index (χ1v) is 6.33. The summed E-state index contributed by atoms with van der Waals surface area (Å²) < 4.78 is 5.23. The molecule has 1 heterocycles. The molecule has 2 rings (SSSR count). The lowest BCUT2D eigenvalue weighted by Gasteiger charge is -2.27. The fraction of sp³-hybridized carbons (Fsp3) is 0.571. The van der Waals surface area contributed by atoms with Gasteiger partial charge in [-0.05, 0) is 18.1 Å². The SMILES string of the molecule is COC(C)CNCC1CNCc2ccccc21. The zero-order valence-corrected chi connectivity index (χ0v) is 10.7. The molecule has 0 fully saturated rings. The van der Waals surface area contributed by atoms with Gasteiger partial charge in [0, 0.05) is 39.2 Å². The van der Waals surface area contributed by atoms with Crippen LogP contribution in [0.15, 0.2) is 24.3 Å². The molecule has 0 aliphatic carbocycles. The van der Waals surface area contributed by atoms with Crippen LogP contribution in [0.5, 0.6) is 0 Å². The topological polar surface area (TPSA) is 33.3 Å². The fourth-order valence-electron chi connectivity index (χ4n) is 2.31. The Bertz CT molecular complexity index is 354. The lowest BCUT2D eigenvalue weighted by Crippen LogP contribution is -2.36. The lowest BCUT2D eigenvalue weighted by molar-refractivity contribution is 0.117. The fourth-order valence-corrected chi connectivity index (χ4v) is 2.31. The van der Waals surface area contributed by atoms with Gasteiger partial charge in [0.2, 0.25) is 0 Å². The standard InChI is InChI=1S/C14H22N2O/c1-11(17-2)7-15-9-13-10-16-8-12-5-3-4-6-14(12)13/h3-6,11,13,15-16H,7-10H2,1-2H3. The monoisotopic (exact) mass is 234 g/mol. The number of nitrogens with one attached hydrogen (secondary N) is 2. The Hall–Kier alpha value is -0.900. The van der Waals surface area contributed by atoms with Gasteiger partial charge in [-0.15, -0.1) is 0 Å². The van der Waals surface area contributed by atoms with Crippen molar-refractivity contribution in [1.29, 1.82) is 0 Å². The molecule has 1 aliphatic heterocycles. The highest BCUT2D eigenvalue weighted by Crippen LogP contribution is 2.22. The van der Waals surface area contributed by atoms with Crippen molar-refractivity contribution in [2.75, 3.05) is 26.7 Å². The summed E-state index contributed by atoms with van der Waals surface area (Å²) in [6.45, 7) is 6.07. The number of ether oxygens (including phenoxy) is 1. The third-order valence-corrected chi connectivity index (χ3v) is 3.43. The van der Waals surface area contributed by atoms with Crippen LogP contribution in [-0.4, -0.2) is 32.8 Å². The zero-order chi connectivity index (χ0) is 12.1. The summed E-state index contributed by atoms with van der Waals surface area (Å²) in [5.74, 6) is 0.573. The second-order valence-corrected chi connectivity index (χ2v) is 4.73. The predicted octanol–water partition coefficient (Wildman–Crippen LogP) is 1.50. The third-order valence-electron chi connectivity index (χ3n) is 3.43. The minimum atomic E-state index is 0.279. The van der Waals surface area contributed by atoms with Crippen LogP contribution in [0.2, 0.25) is 0 Å². The van der Waals surface area contributed by atoms with E-state index < -0.39 is 0 Å². The van der Waals surface area contributed by atoms with Gasteiger partial charge in [0.15, 0.2) is 0 Å². The van der Waals surface area contributed by atoms with Gasteiger partial charge < -0.3 is 15.4 Å². The Morgan fingerprint density at radius 1 is 1.47 bits per heavy atom. The van der Waals surface area contributed by atoms with E-state index in [2.05, 4.69) is 41.8 Å². The van der Waals surface area contributed by atoms with Crippen LogP contribution in [0.3, 0.4) is 0 Å². The highest BCUT2D eigenvalue weighted by Gasteiger charge is 2.18. The number of rotatable bonds is 5. The average Bonchev–Trinajstić information content (AvgIpc) is 2.39. The summed E-state index contributed by atoms with van der Waals surface area (Å²) in [6, 6.07) is 8.72. The van der Waals surface area contributed by atoms with E-state index in [-0.39, 0.29) is 6.10 Å². The van der Waals surface area contributed by atoms with Gasteiger partial charge in [0.05, 0.1) is 6.10 Å². The molecule has 3 nitrogen and oxygen atoms in total. The van der Waals surface area contributed by atoms with Gasteiger partial charge >= 0.3 is 0 Å². The maximum atomic E-state index is 5.23. The number of fused-ring (bicyclic) bond motifs is 1. The molecule has 1 aromatic carbocycles. The first kappa shape index (κ1) is 12.6. The summed E-state index contributed by atoms with van der Waals surface area (Å²) in [5, 5.41) is 6.95. The molecule has 0 amide bonds. The summed E-state index contributed by atoms with van der Waals surface area (Å²) in [7, 11) is 1.75. The number of benzene rings is 1. The van der Waals surface area contributed by atoms with E-state index >= 15 is 0 Å². The normalized spacial score (nSPS) is 20.9.